The standard InChI is InChI=1S/C13H18N2O4S/c1-2-5-15-20(18,19)11-4-3-9-7-12(13(16)17)14-8-10(9)6-11/h3-4,6,12,14-15H,2,5,7-8H2,1H3,(H,16,17). The molecule has 1 atom stereocenters. The molecule has 0 saturated heterocycles. The molecule has 110 valence electrons. The summed E-state index contributed by atoms with van der Waals surface area (Å²) >= 11 is 0. The fourth-order valence-electron chi connectivity index (χ4n) is 2.15. The molecule has 0 aliphatic carbocycles. The van der Waals surface area contributed by atoms with Crippen LogP contribution in [0.25, 0.3) is 0 Å². The SMILES string of the molecule is CCCNS(=O)(=O)c1ccc2c(c1)CNC(C(=O)O)C2. The Labute approximate surface area is 118 Å². The second kappa shape index (κ2) is 5.90. The van der Waals surface area contributed by atoms with Crippen molar-refractivity contribution in [1.82, 2.24) is 10.0 Å². The topological polar surface area (TPSA) is 95.5 Å². The first kappa shape index (κ1) is 15.0. The molecule has 1 unspecified atom stereocenters. The quantitative estimate of drug-likeness (QED) is 0.734. The third kappa shape index (κ3) is 3.17. The molecule has 0 saturated carbocycles. The highest BCUT2D eigenvalue weighted by Gasteiger charge is 2.25. The second-order valence-electron chi connectivity index (χ2n) is 4.80. The van der Waals surface area contributed by atoms with Crippen molar-refractivity contribution in [3.8, 4) is 0 Å². The molecular weight excluding hydrogens is 280 g/mol. The van der Waals surface area contributed by atoms with Crippen molar-refractivity contribution in [3.63, 3.8) is 0 Å². The van der Waals surface area contributed by atoms with Gasteiger partial charge in [-0.3, -0.25) is 4.79 Å². The summed E-state index contributed by atoms with van der Waals surface area (Å²) in [6, 6.07) is 4.23. The molecule has 3 N–H and O–H groups in total. The number of carboxylic acids is 1. The molecule has 1 aromatic carbocycles. The maximum absolute atomic E-state index is 12.0. The van der Waals surface area contributed by atoms with E-state index in [9.17, 15) is 13.2 Å². The molecule has 1 aromatic rings. The lowest BCUT2D eigenvalue weighted by molar-refractivity contribution is -0.139. The van der Waals surface area contributed by atoms with E-state index in [0.717, 1.165) is 17.5 Å². The molecule has 1 aliphatic rings. The van der Waals surface area contributed by atoms with Crippen LogP contribution in [0.1, 0.15) is 24.5 Å². The number of hydrogen-bond acceptors (Lipinski definition) is 4. The summed E-state index contributed by atoms with van der Waals surface area (Å²) in [4.78, 5) is 11.2. The van der Waals surface area contributed by atoms with E-state index in [4.69, 9.17) is 5.11 Å². The number of aliphatic carboxylic acids is 1. The summed E-state index contributed by atoms with van der Waals surface area (Å²) in [7, 11) is -3.48. The summed E-state index contributed by atoms with van der Waals surface area (Å²) in [5.41, 5.74) is 1.72. The van der Waals surface area contributed by atoms with Crippen LogP contribution in [0.15, 0.2) is 23.1 Å². The number of carboxylic acid groups (broad SMARTS) is 1. The maximum Gasteiger partial charge on any atom is 0.321 e. The third-order valence-electron chi connectivity index (χ3n) is 3.29. The van der Waals surface area contributed by atoms with E-state index in [1.807, 2.05) is 6.92 Å². The molecule has 2 rings (SSSR count). The Kier molecular flexibility index (Phi) is 4.42. The van der Waals surface area contributed by atoms with Gasteiger partial charge in [-0.15, -0.1) is 0 Å². The first-order chi connectivity index (χ1) is 9.44. The van der Waals surface area contributed by atoms with E-state index < -0.39 is 22.0 Å². The van der Waals surface area contributed by atoms with Crippen molar-refractivity contribution in [2.75, 3.05) is 6.54 Å². The van der Waals surface area contributed by atoms with Crippen molar-refractivity contribution < 1.29 is 18.3 Å². The van der Waals surface area contributed by atoms with Crippen LogP contribution in [-0.2, 0) is 27.8 Å². The van der Waals surface area contributed by atoms with E-state index in [1.165, 1.54) is 6.07 Å². The Morgan fingerprint density at radius 2 is 2.20 bits per heavy atom. The highest BCUT2D eigenvalue weighted by molar-refractivity contribution is 7.89. The zero-order valence-electron chi connectivity index (χ0n) is 11.2. The predicted molar refractivity (Wildman–Crippen MR) is 73.9 cm³/mol. The molecule has 0 bridgehead atoms. The van der Waals surface area contributed by atoms with Crippen LogP contribution in [0.4, 0.5) is 0 Å². The van der Waals surface area contributed by atoms with Crippen LogP contribution in [0.3, 0.4) is 0 Å². The van der Waals surface area contributed by atoms with Crippen molar-refractivity contribution in [2.24, 2.45) is 0 Å². The molecule has 6 nitrogen and oxygen atoms in total. The maximum atomic E-state index is 12.0. The summed E-state index contributed by atoms with van der Waals surface area (Å²) in [6.07, 6.45) is 1.10. The van der Waals surface area contributed by atoms with Crippen LogP contribution in [0.2, 0.25) is 0 Å². The summed E-state index contributed by atoms with van der Waals surface area (Å²) in [5, 5.41) is 11.9. The minimum atomic E-state index is -3.48. The minimum absolute atomic E-state index is 0.222. The van der Waals surface area contributed by atoms with Gasteiger partial charge in [0.1, 0.15) is 6.04 Å². The zero-order chi connectivity index (χ0) is 14.8. The first-order valence-electron chi connectivity index (χ1n) is 6.51. The Hall–Kier alpha value is -1.44. The summed E-state index contributed by atoms with van der Waals surface area (Å²) in [5.74, 6) is -0.892. The minimum Gasteiger partial charge on any atom is -0.480 e. The van der Waals surface area contributed by atoms with Crippen LogP contribution in [0, 0.1) is 0 Å². The van der Waals surface area contributed by atoms with Crippen LogP contribution >= 0.6 is 0 Å². The van der Waals surface area contributed by atoms with E-state index in [1.54, 1.807) is 12.1 Å². The van der Waals surface area contributed by atoms with Gasteiger partial charge in [-0.1, -0.05) is 13.0 Å². The van der Waals surface area contributed by atoms with Crippen LogP contribution in [0.5, 0.6) is 0 Å². The van der Waals surface area contributed by atoms with Gasteiger partial charge in [0, 0.05) is 13.1 Å². The van der Waals surface area contributed by atoms with E-state index in [0.29, 0.717) is 19.5 Å². The summed E-state index contributed by atoms with van der Waals surface area (Å²) in [6.45, 7) is 2.66. The predicted octanol–water partition coefficient (Wildman–Crippen LogP) is 0.474. The van der Waals surface area contributed by atoms with Gasteiger partial charge in [0.25, 0.3) is 0 Å². The Bertz CT molecular complexity index is 613. The van der Waals surface area contributed by atoms with Gasteiger partial charge in [0.05, 0.1) is 4.90 Å². The smallest absolute Gasteiger partial charge is 0.321 e. The molecule has 20 heavy (non-hydrogen) atoms. The molecule has 1 aliphatic heterocycles. The molecule has 0 amide bonds. The Morgan fingerprint density at radius 3 is 2.85 bits per heavy atom. The fourth-order valence-corrected chi connectivity index (χ4v) is 3.34. The van der Waals surface area contributed by atoms with Crippen molar-refractivity contribution in [2.45, 2.75) is 37.2 Å². The van der Waals surface area contributed by atoms with E-state index in [-0.39, 0.29) is 4.90 Å². The second-order valence-corrected chi connectivity index (χ2v) is 6.57. The lowest BCUT2D eigenvalue weighted by atomic mass is 9.96. The van der Waals surface area contributed by atoms with Crippen molar-refractivity contribution in [3.05, 3.63) is 29.3 Å². The van der Waals surface area contributed by atoms with Gasteiger partial charge in [0.2, 0.25) is 10.0 Å². The van der Waals surface area contributed by atoms with Crippen LogP contribution < -0.4 is 10.0 Å². The van der Waals surface area contributed by atoms with Gasteiger partial charge < -0.3 is 10.4 Å². The van der Waals surface area contributed by atoms with Crippen molar-refractivity contribution in [1.29, 1.82) is 0 Å². The Balaban J connectivity index is 2.24. The number of hydrogen-bond donors (Lipinski definition) is 3. The molecular formula is C13H18N2O4S. The number of fused-ring (bicyclic) bond motifs is 1. The molecule has 7 heteroatoms. The fraction of sp³-hybridized carbons (Fsp3) is 0.462. The third-order valence-corrected chi connectivity index (χ3v) is 4.75. The number of rotatable bonds is 5. The number of carbonyl (C=O) groups is 1. The Morgan fingerprint density at radius 1 is 1.45 bits per heavy atom. The summed E-state index contributed by atoms with van der Waals surface area (Å²) < 4.78 is 26.6. The number of nitrogens with one attached hydrogen (secondary N) is 2. The van der Waals surface area contributed by atoms with Gasteiger partial charge in [0.15, 0.2) is 0 Å². The number of sulfonamides is 1. The zero-order valence-corrected chi connectivity index (χ0v) is 12.0. The first-order valence-corrected chi connectivity index (χ1v) is 8.00. The highest BCUT2D eigenvalue weighted by atomic mass is 32.2. The van der Waals surface area contributed by atoms with E-state index in [2.05, 4.69) is 10.0 Å². The monoisotopic (exact) mass is 298 g/mol. The lowest BCUT2D eigenvalue weighted by Gasteiger charge is -2.23. The molecule has 0 fully saturated rings. The highest BCUT2D eigenvalue weighted by Crippen LogP contribution is 2.21. The van der Waals surface area contributed by atoms with Gasteiger partial charge >= 0.3 is 5.97 Å². The largest absolute Gasteiger partial charge is 0.480 e. The average molecular weight is 298 g/mol. The lowest BCUT2D eigenvalue weighted by Crippen LogP contribution is -2.41. The molecule has 0 aromatic heterocycles. The molecule has 0 spiro atoms. The molecule has 1 heterocycles. The van der Waals surface area contributed by atoms with E-state index >= 15 is 0 Å². The van der Waals surface area contributed by atoms with Crippen molar-refractivity contribution >= 4 is 16.0 Å². The average Bonchev–Trinajstić information content (AvgIpc) is 2.44. The van der Waals surface area contributed by atoms with Gasteiger partial charge in [-0.05, 0) is 36.1 Å². The van der Waals surface area contributed by atoms with Gasteiger partial charge in [-0.25, -0.2) is 13.1 Å². The number of benzene rings is 1. The van der Waals surface area contributed by atoms with Crippen LogP contribution in [-0.4, -0.2) is 32.1 Å². The molecule has 0 radical (unpaired) electrons. The van der Waals surface area contributed by atoms with Gasteiger partial charge in [-0.2, -0.15) is 0 Å². The normalized spacial score (nSPS) is 18.6.